The molecule has 1 unspecified atom stereocenters. The molecule has 6 nitrogen and oxygen atoms in total. The molecule has 0 radical (unpaired) electrons. The van der Waals surface area contributed by atoms with Gasteiger partial charge in [0.1, 0.15) is 17.8 Å². The Bertz CT molecular complexity index is 884. The van der Waals surface area contributed by atoms with Crippen LogP contribution in [-0.4, -0.2) is 22.0 Å². The van der Waals surface area contributed by atoms with Crippen LogP contribution in [0, 0.1) is 0 Å². The first-order valence-electron chi connectivity index (χ1n) is 7.17. The Morgan fingerprint density at radius 2 is 1.83 bits per heavy atom. The molecule has 24 heavy (non-hydrogen) atoms. The second-order valence-electron chi connectivity index (χ2n) is 5.08. The van der Waals surface area contributed by atoms with Crippen molar-refractivity contribution in [2.24, 2.45) is 5.73 Å². The first kappa shape index (κ1) is 16.0. The summed E-state index contributed by atoms with van der Waals surface area (Å²) in [5.41, 5.74) is 5.86. The van der Waals surface area contributed by atoms with E-state index >= 15 is 0 Å². The van der Waals surface area contributed by atoms with E-state index in [0.29, 0.717) is 27.9 Å². The van der Waals surface area contributed by atoms with Crippen molar-refractivity contribution in [3.63, 3.8) is 0 Å². The van der Waals surface area contributed by atoms with E-state index in [0.717, 1.165) is 5.39 Å². The van der Waals surface area contributed by atoms with Crippen molar-refractivity contribution in [1.82, 2.24) is 9.97 Å². The van der Waals surface area contributed by atoms with Crippen LogP contribution >= 0.6 is 11.6 Å². The van der Waals surface area contributed by atoms with Crippen LogP contribution in [0.25, 0.3) is 10.9 Å². The van der Waals surface area contributed by atoms with E-state index in [1.807, 2.05) is 0 Å². The minimum absolute atomic E-state index is 0.427. The highest BCUT2D eigenvalue weighted by Gasteiger charge is 2.11. The van der Waals surface area contributed by atoms with Gasteiger partial charge in [0.15, 0.2) is 6.10 Å². The summed E-state index contributed by atoms with van der Waals surface area (Å²) in [6, 6.07) is 12.1. The lowest BCUT2D eigenvalue weighted by Gasteiger charge is -2.12. The standard InChI is InChI=1S/C17H14ClN3O3/c1-10(16(19)22)23-12-3-5-13(6-4-12)24-17-14-7-2-11(18)8-15(14)20-9-21-17/h2-10H,1H3,(H2,19,22). The Hall–Kier alpha value is -2.86. The number of halogens is 1. The maximum Gasteiger partial charge on any atom is 0.258 e. The van der Waals surface area contributed by atoms with Gasteiger partial charge >= 0.3 is 0 Å². The Morgan fingerprint density at radius 1 is 1.12 bits per heavy atom. The largest absolute Gasteiger partial charge is 0.481 e. The van der Waals surface area contributed by atoms with Gasteiger partial charge in [0, 0.05) is 5.02 Å². The number of amides is 1. The van der Waals surface area contributed by atoms with Gasteiger partial charge in [-0.05, 0) is 49.4 Å². The Balaban J connectivity index is 1.80. The second kappa shape index (κ2) is 6.72. The zero-order valence-electron chi connectivity index (χ0n) is 12.8. The maximum absolute atomic E-state index is 11.0. The van der Waals surface area contributed by atoms with E-state index in [1.165, 1.54) is 6.33 Å². The van der Waals surface area contributed by atoms with E-state index in [1.54, 1.807) is 49.4 Å². The number of nitrogens with two attached hydrogens (primary N) is 1. The molecule has 0 aliphatic rings. The molecule has 1 aromatic heterocycles. The van der Waals surface area contributed by atoms with E-state index in [4.69, 9.17) is 26.8 Å². The number of ether oxygens (including phenoxy) is 2. The van der Waals surface area contributed by atoms with Gasteiger partial charge < -0.3 is 15.2 Å². The number of hydrogen-bond donors (Lipinski definition) is 1. The molecule has 0 spiro atoms. The molecule has 1 atom stereocenters. The van der Waals surface area contributed by atoms with Crippen LogP contribution in [0.1, 0.15) is 6.92 Å². The van der Waals surface area contributed by atoms with Crippen molar-refractivity contribution in [2.45, 2.75) is 13.0 Å². The van der Waals surface area contributed by atoms with Gasteiger partial charge in [0.25, 0.3) is 5.91 Å². The topological polar surface area (TPSA) is 87.3 Å². The Kier molecular flexibility index (Phi) is 4.48. The number of benzene rings is 2. The van der Waals surface area contributed by atoms with E-state index in [9.17, 15) is 4.79 Å². The predicted octanol–water partition coefficient (Wildman–Crippen LogP) is 3.33. The molecular formula is C17H14ClN3O3. The van der Waals surface area contributed by atoms with E-state index < -0.39 is 12.0 Å². The lowest BCUT2D eigenvalue weighted by molar-refractivity contribution is -0.123. The highest BCUT2D eigenvalue weighted by molar-refractivity contribution is 6.31. The van der Waals surface area contributed by atoms with E-state index in [-0.39, 0.29) is 0 Å². The Labute approximate surface area is 143 Å². The van der Waals surface area contributed by atoms with Crippen molar-refractivity contribution < 1.29 is 14.3 Å². The summed E-state index contributed by atoms with van der Waals surface area (Å²) in [6.45, 7) is 1.59. The fourth-order valence-electron chi connectivity index (χ4n) is 2.05. The molecule has 122 valence electrons. The molecule has 2 N–H and O–H groups in total. The van der Waals surface area contributed by atoms with Crippen molar-refractivity contribution in [3.05, 3.63) is 53.8 Å². The zero-order valence-corrected chi connectivity index (χ0v) is 13.5. The summed E-state index contributed by atoms with van der Waals surface area (Å²) in [4.78, 5) is 19.3. The van der Waals surface area contributed by atoms with Gasteiger partial charge in [-0.2, -0.15) is 0 Å². The monoisotopic (exact) mass is 343 g/mol. The zero-order chi connectivity index (χ0) is 17.1. The first-order valence-corrected chi connectivity index (χ1v) is 7.55. The molecule has 3 rings (SSSR count). The number of aromatic nitrogens is 2. The average Bonchev–Trinajstić information content (AvgIpc) is 2.56. The molecule has 1 heterocycles. The van der Waals surface area contributed by atoms with E-state index in [2.05, 4.69) is 9.97 Å². The number of primary amides is 1. The highest BCUT2D eigenvalue weighted by atomic mass is 35.5. The SMILES string of the molecule is CC(Oc1ccc(Oc2ncnc3cc(Cl)ccc23)cc1)C(N)=O. The Morgan fingerprint density at radius 3 is 2.54 bits per heavy atom. The van der Waals surface area contributed by atoms with Gasteiger partial charge in [-0.1, -0.05) is 11.6 Å². The fraction of sp³-hybridized carbons (Fsp3) is 0.118. The molecule has 0 fully saturated rings. The molecular weight excluding hydrogens is 330 g/mol. The highest BCUT2D eigenvalue weighted by Crippen LogP contribution is 2.29. The molecule has 0 saturated heterocycles. The molecule has 0 aliphatic heterocycles. The number of rotatable bonds is 5. The second-order valence-corrected chi connectivity index (χ2v) is 5.51. The van der Waals surface area contributed by atoms with Crippen LogP contribution in [0.15, 0.2) is 48.8 Å². The minimum Gasteiger partial charge on any atom is -0.481 e. The average molecular weight is 344 g/mol. The van der Waals surface area contributed by atoms with Gasteiger partial charge in [0.05, 0.1) is 10.9 Å². The molecule has 7 heteroatoms. The molecule has 0 saturated carbocycles. The lowest BCUT2D eigenvalue weighted by Crippen LogP contribution is -2.30. The smallest absolute Gasteiger partial charge is 0.258 e. The van der Waals surface area contributed by atoms with Crippen LogP contribution in [0.2, 0.25) is 5.02 Å². The van der Waals surface area contributed by atoms with Gasteiger partial charge in [-0.15, -0.1) is 0 Å². The predicted molar refractivity (Wildman–Crippen MR) is 90.3 cm³/mol. The number of fused-ring (bicyclic) bond motifs is 1. The number of hydrogen-bond acceptors (Lipinski definition) is 5. The van der Waals surface area contributed by atoms with Crippen molar-refractivity contribution in [2.75, 3.05) is 0 Å². The number of carbonyl (C=O) groups is 1. The van der Waals surface area contributed by atoms with Crippen LogP contribution in [-0.2, 0) is 4.79 Å². The molecule has 3 aromatic rings. The summed E-state index contributed by atoms with van der Waals surface area (Å²) in [6.07, 6.45) is 0.715. The van der Waals surface area contributed by atoms with Crippen molar-refractivity contribution in [3.8, 4) is 17.4 Å². The van der Waals surface area contributed by atoms with Crippen LogP contribution in [0.5, 0.6) is 17.4 Å². The van der Waals surface area contributed by atoms with Gasteiger partial charge in [-0.3, -0.25) is 4.79 Å². The van der Waals surface area contributed by atoms with Gasteiger partial charge in [0.2, 0.25) is 5.88 Å². The molecule has 0 bridgehead atoms. The summed E-state index contributed by atoms with van der Waals surface area (Å²) in [7, 11) is 0. The normalized spacial score (nSPS) is 11.9. The van der Waals surface area contributed by atoms with Crippen LogP contribution in [0.3, 0.4) is 0 Å². The number of nitrogens with zero attached hydrogens (tertiary/aromatic N) is 2. The third-order valence-corrected chi connectivity index (χ3v) is 3.55. The summed E-state index contributed by atoms with van der Waals surface area (Å²) in [5, 5.41) is 1.35. The van der Waals surface area contributed by atoms with Crippen LogP contribution < -0.4 is 15.2 Å². The maximum atomic E-state index is 11.0. The number of carbonyl (C=O) groups excluding carboxylic acids is 1. The summed E-state index contributed by atoms with van der Waals surface area (Å²) >= 11 is 5.96. The van der Waals surface area contributed by atoms with Crippen molar-refractivity contribution >= 4 is 28.4 Å². The van der Waals surface area contributed by atoms with Crippen molar-refractivity contribution in [1.29, 1.82) is 0 Å². The first-order chi connectivity index (χ1) is 11.5. The van der Waals surface area contributed by atoms with Gasteiger partial charge in [-0.25, -0.2) is 9.97 Å². The minimum atomic E-state index is -0.702. The molecule has 0 aliphatic carbocycles. The quantitative estimate of drug-likeness (QED) is 0.767. The van der Waals surface area contributed by atoms with Crippen LogP contribution in [0.4, 0.5) is 0 Å². The fourth-order valence-corrected chi connectivity index (χ4v) is 2.21. The lowest BCUT2D eigenvalue weighted by atomic mass is 10.2. The summed E-state index contributed by atoms with van der Waals surface area (Å²) < 4.78 is 11.2. The third-order valence-electron chi connectivity index (χ3n) is 3.31. The summed E-state index contributed by atoms with van der Waals surface area (Å²) in [5.74, 6) is 0.995. The molecule has 1 amide bonds. The third kappa shape index (κ3) is 3.55. The molecule has 2 aromatic carbocycles.